The smallest absolute Gasteiger partial charge is 0.493 e. The van der Waals surface area contributed by atoms with E-state index in [-0.39, 0.29) is 23.7 Å². The third-order valence-corrected chi connectivity index (χ3v) is 7.67. The first kappa shape index (κ1) is 31.7. The molecule has 2 atom stereocenters. The molecule has 12 nitrogen and oxygen atoms in total. The highest BCUT2D eigenvalue weighted by molar-refractivity contribution is 7.41. The number of likely N-dealkylation sites (N-methyl/N-ethyl adjacent to an activating group) is 1. The summed E-state index contributed by atoms with van der Waals surface area (Å²) in [5.74, 6) is 2.03. The van der Waals surface area contributed by atoms with Crippen molar-refractivity contribution in [1.29, 1.82) is 0 Å². The van der Waals surface area contributed by atoms with E-state index in [1.807, 2.05) is 18.2 Å². The molecule has 1 aliphatic carbocycles. The van der Waals surface area contributed by atoms with Gasteiger partial charge in [-0.05, 0) is 77.9 Å². The fourth-order valence-electron chi connectivity index (χ4n) is 4.83. The second kappa shape index (κ2) is 14.7. The fourth-order valence-corrected chi connectivity index (χ4v) is 5.63. The van der Waals surface area contributed by atoms with Crippen LogP contribution in [0.2, 0.25) is 0 Å². The van der Waals surface area contributed by atoms with Crippen LogP contribution in [-0.4, -0.2) is 76.9 Å². The second-order valence-electron chi connectivity index (χ2n) is 9.98. The molecule has 1 unspecified atom stereocenters. The minimum atomic E-state index is -2.09. The van der Waals surface area contributed by atoms with Gasteiger partial charge in [0.05, 0.1) is 26.4 Å². The van der Waals surface area contributed by atoms with Crippen LogP contribution in [0.15, 0.2) is 30.0 Å². The van der Waals surface area contributed by atoms with E-state index < -0.39 is 34.5 Å². The summed E-state index contributed by atoms with van der Waals surface area (Å²) < 4.78 is 47.9. The Bertz CT molecular complexity index is 1010. The number of nitrogens with zero attached hydrogens (tertiary/aromatic N) is 1. The Morgan fingerprint density at radius 3 is 2.12 bits per heavy atom. The standard InChI is InChI=1S/C27H40NO11P/c1-18(2)37-25(29)33-16-35-40(36-17-34-26(30)38-19(3)4)39-21-10-11-27(12-13-28(5)24(27)15-21)20-8-9-22(31-6)23(14-20)32-7/h8-10,14,18-19,24H,11-13,15-17H2,1-7H3/t24?,27-/m0/s1. The van der Waals surface area contributed by atoms with Gasteiger partial charge >= 0.3 is 20.9 Å². The zero-order chi connectivity index (χ0) is 29.3. The number of carbonyl (C=O) groups excluding carboxylic acids is 2. The molecule has 1 aliphatic heterocycles. The minimum Gasteiger partial charge on any atom is -0.493 e. The van der Waals surface area contributed by atoms with Crippen molar-refractivity contribution >= 4 is 20.9 Å². The Hall–Kier alpha value is -2.79. The summed E-state index contributed by atoms with van der Waals surface area (Å²) in [6.07, 6.45) is 1.83. The molecule has 0 aromatic heterocycles. The minimum absolute atomic E-state index is 0.136. The predicted molar refractivity (Wildman–Crippen MR) is 145 cm³/mol. The number of hydrogen-bond acceptors (Lipinski definition) is 12. The first-order chi connectivity index (χ1) is 19.1. The zero-order valence-electron chi connectivity index (χ0n) is 24.2. The molecular formula is C27H40NO11P. The Kier molecular flexibility index (Phi) is 11.7. The van der Waals surface area contributed by atoms with Crippen LogP contribution in [0, 0.1) is 0 Å². The molecule has 3 rings (SSSR count). The molecule has 0 spiro atoms. The molecule has 1 fully saturated rings. The maximum absolute atomic E-state index is 11.7. The lowest BCUT2D eigenvalue weighted by Gasteiger charge is -2.41. The first-order valence-electron chi connectivity index (χ1n) is 13.1. The molecule has 2 aliphatic rings. The molecule has 1 saturated heterocycles. The van der Waals surface area contributed by atoms with Crippen LogP contribution in [-0.2, 0) is 37.9 Å². The molecule has 0 radical (unpaired) electrons. The van der Waals surface area contributed by atoms with Crippen LogP contribution >= 0.6 is 8.60 Å². The number of rotatable bonds is 13. The molecule has 0 N–H and O–H groups in total. The quantitative estimate of drug-likeness (QED) is 0.162. The second-order valence-corrected chi connectivity index (χ2v) is 11.1. The molecule has 40 heavy (non-hydrogen) atoms. The van der Waals surface area contributed by atoms with Gasteiger partial charge in [-0.3, -0.25) is 9.05 Å². The van der Waals surface area contributed by atoms with Gasteiger partial charge in [0.25, 0.3) is 0 Å². The van der Waals surface area contributed by atoms with Gasteiger partial charge in [0.15, 0.2) is 11.5 Å². The van der Waals surface area contributed by atoms with Crippen molar-refractivity contribution < 1.29 is 51.6 Å². The van der Waals surface area contributed by atoms with Gasteiger partial charge in [0.2, 0.25) is 13.6 Å². The van der Waals surface area contributed by atoms with Crippen molar-refractivity contribution in [3.63, 3.8) is 0 Å². The van der Waals surface area contributed by atoms with E-state index in [0.29, 0.717) is 30.1 Å². The normalized spacial score (nSPS) is 20.6. The highest BCUT2D eigenvalue weighted by atomic mass is 31.2. The first-order valence-corrected chi connectivity index (χ1v) is 14.2. The van der Waals surface area contributed by atoms with Crippen molar-refractivity contribution in [2.24, 2.45) is 0 Å². The number of hydrogen-bond donors (Lipinski definition) is 0. The molecule has 0 bridgehead atoms. The molecule has 1 heterocycles. The number of likely N-dealkylation sites (tertiary alicyclic amines) is 1. The number of allylic oxidation sites excluding steroid dienone is 1. The molecule has 224 valence electrons. The van der Waals surface area contributed by atoms with E-state index >= 15 is 0 Å². The Labute approximate surface area is 236 Å². The third-order valence-electron chi connectivity index (χ3n) is 6.65. The maximum atomic E-state index is 11.7. The highest BCUT2D eigenvalue weighted by Crippen LogP contribution is 2.52. The van der Waals surface area contributed by atoms with Gasteiger partial charge in [-0.15, -0.1) is 0 Å². The topological polar surface area (TPSA) is 120 Å². The number of benzene rings is 1. The molecule has 1 aromatic rings. The number of ether oxygens (including phenoxy) is 6. The lowest BCUT2D eigenvalue weighted by atomic mass is 9.68. The molecule has 0 amide bonds. The Morgan fingerprint density at radius 1 is 0.975 bits per heavy atom. The van der Waals surface area contributed by atoms with Gasteiger partial charge in [0, 0.05) is 17.9 Å². The van der Waals surface area contributed by atoms with E-state index in [0.717, 1.165) is 13.0 Å². The number of carbonyl (C=O) groups is 2. The summed E-state index contributed by atoms with van der Waals surface area (Å²) in [6, 6.07) is 6.21. The van der Waals surface area contributed by atoms with Crippen LogP contribution in [0.5, 0.6) is 11.5 Å². The van der Waals surface area contributed by atoms with Crippen LogP contribution in [0.25, 0.3) is 0 Å². The summed E-state index contributed by atoms with van der Waals surface area (Å²) in [5.41, 5.74) is 1.03. The average molecular weight is 586 g/mol. The Balaban J connectivity index is 1.71. The van der Waals surface area contributed by atoms with Crippen LogP contribution in [0.3, 0.4) is 0 Å². The summed E-state index contributed by atoms with van der Waals surface area (Å²) in [7, 11) is 3.25. The van der Waals surface area contributed by atoms with Crippen molar-refractivity contribution in [3.8, 4) is 11.5 Å². The molecule has 1 aromatic carbocycles. The van der Waals surface area contributed by atoms with E-state index in [1.54, 1.807) is 41.9 Å². The van der Waals surface area contributed by atoms with Crippen molar-refractivity contribution in [2.75, 3.05) is 41.4 Å². The fraction of sp³-hybridized carbons (Fsp3) is 0.630. The summed E-state index contributed by atoms with van der Waals surface area (Å²) in [6.45, 7) is 6.77. The average Bonchev–Trinajstić information content (AvgIpc) is 3.24. The number of methoxy groups -OCH3 is 2. The van der Waals surface area contributed by atoms with Gasteiger partial charge in [0.1, 0.15) is 5.76 Å². The Morgan fingerprint density at radius 2 is 1.57 bits per heavy atom. The van der Waals surface area contributed by atoms with Gasteiger partial charge in [-0.2, -0.15) is 0 Å². The van der Waals surface area contributed by atoms with Crippen molar-refractivity contribution in [1.82, 2.24) is 4.90 Å². The van der Waals surface area contributed by atoms with Crippen LogP contribution in [0.1, 0.15) is 52.5 Å². The van der Waals surface area contributed by atoms with Crippen molar-refractivity contribution in [2.45, 2.75) is 70.6 Å². The van der Waals surface area contributed by atoms with Crippen molar-refractivity contribution in [3.05, 3.63) is 35.6 Å². The van der Waals surface area contributed by atoms with Crippen LogP contribution < -0.4 is 9.47 Å². The van der Waals surface area contributed by atoms with E-state index in [1.165, 1.54) is 5.56 Å². The van der Waals surface area contributed by atoms with Gasteiger partial charge in [-0.25, -0.2) is 9.59 Å². The molecule has 13 heteroatoms. The van der Waals surface area contributed by atoms with Gasteiger partial charge in [-0.1, -0.05) is 6.07 Å². The lowest BCUT2D eigenvalue weighted by Crippen LogP contribution is -2.43. The summed E-state index contributed by atoms with van der Waals surface area (Å²) in [5, 5.41) is 0. The summed E-state index contributed by atoms with van der Waals surface area (Å²) in [4.78, 5) is 25.8. The van der Waals surface area contributed by atoms with E-state index in [4.69, 9.17) is 42.0 Å². The van der Waals surface area contributed by atoms with E-state index in [2.05, 4.69) is 18.0 Å². The zero-order valence-corrected chi connectivity index (χ0v) is 25.1. The highest BCUT2D eigenvalue weighted by Gasteiger charge is 2.49. The molecular weight excluding hydrogens is 545 g/mol. The van der Waals surface area contributed by atoms with E-state index in [9.17, 15) is 9.59 Å². The third kappa shape index (κ3) is 8.36. The SMILES string of the molecule is COc1ccc([C@@]23CC=C(OP(OCOC(=O)OC(C)C)OCOC(=O)OC(C)C)CC2N(C)CC3)cc1OC. The van der Waals surface area contributed by atoms with Gasteiger partial charge < -0.3 is 37.8 Å². The monoisotopic (exact) mass is 585 g/mol. The molecule has 0 saturated carbocycles. The number of fused-ring (bicyclic) bond motifs is 1. The lowest BCUT2D eigenvalue weighted by molar-refractivity contribution is -0.0326. The van der Waals surface area contributed by atoms with Crippen LogP contribution in [0.4, 0.5) is 9.59 Å². The largest absolute Gasteiger partial charge is 0.510 e. The predicted octanol–water partition coefficient (Wildman–Crippen LogP) is 5.64. The maximum Gasteiger partial charge on any atom is 0.510 e. The summed E-state index contributed by atoms with van der Waals surface area (Å²) >= 11 is 0.